The lowest BCUT2D eigenvalue weighted by atomic mass is 9.53. The van der Waals surface area contributed by atoms with Crippen LogP contribution in [0.1, 0.15) is 48.9 Å². The van der Waals surface area contributed by atoms with E-state index in [9.17, 15) is 4.79 Å². The lowest BCUT2D eigenvalue weighted by Crippen LogP contribution is -2.54. The molecule has 158 valence electrons. The van der Waals surface area contributed by atoms with Crippen LogP contribution in [0.25, 0.3) is 11.3 Å². The number of aromatic nitrogens is 1. The Morgan fingerprint density at radius 3 is 2.16 bits per heavy atom. The van der Waals surface area contributed by atoms with Gasteiger partial charge in [0, 0.05) is 16.7 Å². The number of nitrogens with one attached hydrogen (secondary N) is 2. The summed E-state index contributed by atoms with van der Waals surface area (Å²) in [6, 6.07) is 15.5. The van der Waals surface area contributed by atoms with Gasteiger partial charge in [-0.2, -0.15) is 0 Å². The third-order valence-electron chi connectivity index (χ3n) is 7.48. The molecule has 7 rings (SSSR count). The molecule has 5 heteroatoms. The molecule has 1 aromatic heterocycles. The summed E-state index contributed by atoms with van der Waals surface area (Å²) >= 11 is 0. The second-order valence-electron chi connectivity index (χ2n) is 9.77. The van der Waals surface area contributed by atoms with Crippen molar-refractivity contribution in [3.63, 3.8) is 0 Å². The molecule has 4 saturated carbocycles. The van der Waals surface area contributed by atoms with E-state index in [2.05, 4.69) is 21.7 Å². The summed E-state index contributed by atoms with van der Waals surface area (Å²) in [6.45, 7) is 0. The van der Waals surface area contributed by atoms with Gasteiger partial charge < -0.3 is 15.1 Å². The zero-order chi connectivity index (χ0) is 20.8. The molecule has 0 spiro atoms. The van der Waals surface area contributed by atoms with E-state index < -0.39 is 0 Å². The maximum Gasteiger partial charge on any atom is 0.255 e. The lowest BCUT2D eigenvalue weighted by Gasteiger charge is -2.57. The molecule has 4 fully saturated rings. The molecule has 2 aromatic carbocycles. The molecule has 3 aromatic rings. The summed E-state index contributed by atoms with van der Waals surface area (Å²) in [6.07, 6.45) is 11.1. The Labute approximate surface area is 182 Å². The number of rotatable bonds is 5. The maximum absolute atomic E-state index is 13.0. The van der Waals surface area contributed by atoms with Crippen molar-refractivity contribution in [2.75, 3.05) is 10.6 Å². The van der Waals surface area contributed by atoms with Gasteiger partial charge in [0.1, 0.15) is 0 Å². The van der Waals surface area contributed by atoms with E-state index in [1.807, 2.05) is 42.5 Å². The Balaban J connectivity index is 1.20. The minimum Gasteiger partial charge on any atom is -0.444 e. The topological polar surface area (TPSA) is 67.2 Å². The average molecular weight is 414 g/mol. The largest absolute Gasteiger partial charge is 0.444 e. The summed E-state index contributed by atoms with van der Waals surface area (Å²) in [5.74, 6) is 3.22. The van der Waals surface area contributed by atoms with Gasteiger partial charge in [-0.3, -0.25) is 4.79 Å². The lowest BCUT2D eigenvalue weighted by molar-refractivity contribution is 0.0107. The van der Waals surface area contributed by atoms with E-state index >= 15 is 0 Å². The van der Waals surface area contributed by atoms with Gasteiger partial charge in [0.15, 0.2) is 12.2 Å². The highest BCUT2D eigenvalue weighted by Gasteiger charge is 2.51. The van der Waals surface area contributed by atoms with Gasteiger partial charge in [0.05, 0.1) is 17.6 Å². The number of hydrogen-bond donors (Lipinski definition) is 2. The summed E-state index contributed by atoms with van der Waals surface area (Å²) in [5, 5.41) is 7.03. The first-order valence-electron chi connectivity index (χ1n) is 11.3. The highest BCUT2D eigenvalue weighted by atomic mass is 16.3. The standard InChI is InChI=1S/C26H27N3O2/c30-25(21-7-5-20(6-8-21)24-15-27-16-31-24)28-22-3-1-2-4-23(22)29-26-12-17-9-18(13-26)11-19(10-17)14-26/h1-8,15-19,29H,9-14H2,(H,28,30). The molecular formula is C26H27N3O2. The Morgan fingerprint density at radius 1 is 0.903 bits per heavy atom. The molecule has 4 aliphatic rings. The van der Waals surface area contributed by atoms with E-state index in [0.29, 0.717) is 11.3 Å². The molecule has 0 unspecified atom stereocenters. The first kappa shape index (κ1) is 18.7. The Morgan fingerprint density at radius 2 is 1.55 bits per heavy atom. The van der Waals surface area contributed by atoms with E-state index in [-0.39, 0.29) is 11.4 Å². The zero-order valence-corrected chi connectivity index (χ0v) is 17.5. The molecule has 0 aliphatic heterocycles. The first-order valence-corrected chi connectivity index (χ1v) is 11.3. The number of carbonyl (C=O) groups is 1. The fraction of sp³-hybridized carbons (Fsp3) is 0.385. The van der Waals surface area contributed by atoms with Crippen molar-refractivity contribution in [2.24, 2.45) is 17.8 Å². The van der Waals surface area contributed by atoms with Crippen LogP contribution in [0.2, 0.25) is 0 Å². The van der Waals surface area contributed by atoms with Gasteiger partial charge in [0.2, 0.25) is 0 Å². The predicted octanol–water partition coefficient (Wildman–Crippen LogP) is 5.97. The van der Waals surface area contributed by atoms with E-state index in [0.717, 1.165) is 34.7 Å². The minimum atomic E-state index is -0.108. The SMILES string of the molecule is O=C(Nc1ccccc1NC12CC3CC(CC(C3)C1)C2)c1ccc(-c2cnco2)cc1. The van der Waals surface area contributed by atoms with Crippen LogP contribution >= 0.6 is 0 Å². The number of carbonyl (C=O) groups excluding carboxylic acids is 1. The van der Waals surface area contributed by atoms with Gasteiger partial charge >= 0.3 is 0 Å². The molecule has 2 N–H and O–H groups in total. The van der Waals surface area contributed by atoms with Crippen LogP contribution in [0.4, 0.5) is 11.4 Å². The number of para-hydroxylation sites is 2. The minimum absolute atomic E-state index is 0.108. The predicted molar refractivity (Wildman–Crippen MR) is 121 cm³/mol. The molecule has 5 nitrogen and oxygen atoms in total. The van der Waals surface area contributed by atoms with Crippen molar-refractivity contribution in [2.45, 2.75) is 44.1 Å². The molecule has 31 heavy (non-hydrogen) atoms. The molecular weight excluding hydrogens is 386 g/mol. The first-order chi connectivity index (χ1) is 15.2. The van der Waals surface area contributed by atoms with Gasteiger partial charge in [-0.25, -0.2) is 4.98 Å². The average Bonchev–Trinajstić information content (AvgIpc) is 3.29. The summed E-state index contributed by atoms with van der Waals surface area (Å²) < 4.78 is 5.33. The number of nitrogens with zero attached hydrogens (tertiary/aromatic N) is 1. The van der Waals surface area contributed by atoms with Crippen molar-refractivity contribution in [1.29, 1.82) is 0 Å². The van der Waals surface area contributed by atoms with Crippen molar-refractivity contribution in [1.82, 2.24) is 4.98 Å². The molecule has 1 amide bonds. The smallest absolute Gasteiger partial charge is 0.255 e. The molecule has 0 atom stereocenters. The van der Waals surface area contributed by atoms with Crippen LogP contribution in [0, 0.1) is 17.8 Å². The van der Waals surface area contributed by atoms with E-state index in [4.69, 9.17) is 4.42 Å². The van der Waals surface area contributed by atoms with Crippen molar-refractivity contribution < 1.29 is 9.21 Å². The van der Waals surface area contributed by atoms with Crippen molar-refractivity contribution >= 4 is 17.3 Å². The highest BCUT2D eigenvalue weighted by molar-refractivity contribution is 6.06. The second-order valence-corrected chi connectivity index (χ2v) is 9.77. The third kappa shape index (κ3) is 3.52. The Hall–Kier alpha value is -3.08. The quantitative estimate of drug-likeness (QED) is 0.540. The molecule has 4 bridgehead atoms. The number of hydrogen-bond acceptors (Lipinski definition) is 4. The molecule has 4 aliphatic carbocycles. The third-order valence-corrected chi connectivity index (χ3v) is 7.48. The van der Waals surface area contributed by atoms with Crippen molar-refractivity contribution in [3.05, 3.63) is 66.7 Å². The molecule has 1 heterocycles. The number of anilines is 2. The highest BCUT2D eigenvalue weighted by Crippen LogP contribution is 2.56. The Kier molecular flexibility index (Phi) is 4.37. The number of oxazole rings is 1. The fourth-order valence-electron chi connectivity index (χ4n) is 6.59. The van der Waals surface area contributed by atoms with Gasteiger partial charge in [0.25, 0.3) is 5.91 Å². The maximum atomic E-state index is 13.0. The van der Waals surface area contributed by atoms with Crippen molar-refractivity contribution in [3.8, 4) is 11.3 Å². The zero-order valence-electron chi connectivity index (χ0n) is 17.5. The van der Waals surface area contributed by atoms with E-state index in [1.165, 1.54) is 44.9 Å². The molecule has 0 saturated heterocycles. The summed E-state index contributed by atoms with van der Waals surface area (Å²) in [7, 11) is 0. The Bertz CT molecular complexity index is 1050. The number of benzene rings is 2. The summed E-state index contributed by atoms with van der Waals surface area (Å²) in [5.41, 5.74) is 3.61. The van der Waals surface area contributed by atoms with Gasteiger partial charge in [-0.05, 0) is 80.5 Å². The van der Waals surface area contributed by atoms with E-state index in [1.54, 1.807) is 6.20 Å². The fourth-order valence-corrected chi connectivity index (χ4v) is 6.59. The second kappa shape index (κ2) is 7.26. The van der Waals surface area contributed by atoms with Crippen LogP contribution in [0.5, 0.6) is 0 Å². The number of amides is 1. The van der Waals surface area contributed by atoms with Gasteiger partial charge in [-0.1, -0.05) is 24.3 Å². The van der Waals surface area contributed by atoms with Crippen LogP contribution in [0.3, 0.4) is 0 Å². The van der Waals surface area contributed by atoms with Crippen LogP contribution in [0.15, 0.2) is 65.5 Å². The van der Waals surface area contributed by atoms with Crippen LogP contribution in [-0.4, -0.2) is 16.4 Å². The van der Waals surface area contributed by atoms with Crippen LogP contribution < -0.4 is 10.6 Å². The monoisotopic (exact) mass is 413 g/mol. The molecule has 0 radical (unpaired) electrons. The van der Waals surface area contributed by atoms with Gasteiger partial charge in [-0.15, -0.1) is 0 Å². The van der Waals surface area contributed by atoms with Crippen LogP contribution in [-0.2, 0) is 0 Å². The normalized spacial score (nSPS) is 28.5. The summed E-state index contributed by atoms with van der Waals surface area (Å²) in [4.78, 5) is 16.9.